The van der Waals surface area contributed by atoms with Crippen LogP contribution in [0.2, 0.25) is 0 Å². The molecule has 2 saturated carbocycles. The van der Waals surface area contributed by atoms with Crippen LogP contribution >= 0.6 is 0 Å². The summed E-state index contributed by atoms with van der Waals surface area (Å²) >= 11 is 0. The van der Waals surface area contributed by atoms with E-state index in [1.165, 1.54) is 0 Å². The smallest absolute Gasteiger partial charge is 0.849 e. The maximum atomic E-state index is 14.0. The molecule has 0 spiro atoms. The van der Waals surface area contributed by atoms with Crippen LogP contribution in [0.15, 0.2) is 243 Å². The second-order valence-electron chi connectivity index (χ2n) is 14.6. The first kappa shape index (κ1) is 58.2. The summed E-state index contributed by atoms with van der Waals surface area (Å²) in [6.07, 6.45) is 0.398. The number of hydrogen-bond donors (Lipinski definition) is 1. The summed E-state index contributed by atoms with van der Waals surface area (Å²) < 4.78 is 30.0. The average molecular weight is 1080 g/mol. The van der Waals surface area contributed by atoms with Crippen molar-refractivity contribution in [1.29, 1.82) is 0 Å². The van der Waals surface area contributed by atoms with Crippen LogP contribution < -0.4 is 5.11 Å². The van der Waals surface area contributed by atoms with Crippen molar-refractivity contribution in [1.82, 2.24) is 0 Å². The van der Waals surface area contributed by atoms with Crippen LogP contribution in [0.25, 0.3) is 0 Å². The molecule has 0 aromatic heterocycles. The number of benzene rings is 8. The maximum Gasteiger partial charge on any atom is 1.00 e. The molecule has 0 aliphatic heterocycles. The van der Waals surface area contributed by atoms with Crippen molar-refractivity contribution in [2.75, 3.05) is 0 Å². The van der Waals surface area contributed by atoms with Crippen molar-refractivity contribution >= 4 is 0 Å². The maximum absolute atomic E-state index is 14.0. The molecule has 0 amide bonds. The van der Waals surface area contributed by atoms with Gasteiger partial charge in [-0.05, 0) is 44.5 Å². The normalized spacial score (nSPS) is 14.5. The zero-order valence-corrected chi connectivity index (χ0v) is 40.8. The molecule has 341 valence electrons. The van der Waals surface area contributed by atoms with Gasteiger partial charge in [-0.2, -0.15) is 0 Å². The summed E-state index contributed by atoms with van der Waals surface area (Å²) in [5.74, 6) is 7.39. The molecule has 11 radical (unpaired) electrons. The Labute approximate surface area is 438 Å². The molecule has 8 aromatic rings. The van der Waals surface area contributed by atoms with Gasteiger partial charge in [0.1, 0.15) is 6.10 Å². The van der Waals surface area contributed by atoms with E-state index in [2.05, 4.69) is 99.4 Å². The second-order valence-corrected chi connectivity index (χ2v) is 14.6. The fraction of sp³-hybridized carbons (Fsp3) is 0. The molecule has 2 fully saturated rings. The molecule has 0 saturated heterocycles. The molecule has 8 heteroatoms. The molecule has 2 aliphatic carbocycles. The third-order valence-electron chi connectivity index (χ3n) is 10.9. The van der Waals surface area contributed by atoms with Crippen LogP contribution in [0, 0.1) is 86.2 Å². The van der Waals surface area contributed by atoms with Crippen molar-refractivity contribution < 1.29 is 67.8 Å². The zero-order chi connectivity index (χ0) is 48.7. The van der Waals surface area contributed by atoms with Crippen molar-refractivity contribution in [3.63, 3.8) is 0 Å². The second kappa shape index (κ2) is 31.2. The Hall–Kier alpha value is -6.11. The van der Waals surface area contributed by atoms with Gasteiger partial charge in [0, 0.05) is 55.0 Å². The molecular weight excluding hydrogens is 1040 g/mol. The Morgan fingerprint density at radius 1 is 0.243 bits per heavy atom. The van der Waals surface area contributed by atoms with E-state index in [0.29, 0.717) is 6.10 Å². The first-order valence-corrected chi connectivity index (χ1v) is 21.0. The van der Waals surface area contributed by atoms with E-state index in [9.17, 15) is 10.2 Å². The van der Waals surface area contributed by atoms with Crippen molar-refractivity contribution in [3.8, 4) is 0 Å². The summed E-state index contributed by atoms with van der Waals surface area (Å²) in [6.45, 7) is 18.0. The molecule has 0 unspecified atom stereocenters. The van der Waals surface area contributed by atoms with Gasteiger partial charge >= 0.3 is 64.7 Å². The van der Waals surface area contributed by atoms with Crippen LogP contribution in [0.4, 0.5) is 0 Å². The van der Waals surface area contributed by atoms with Crippen LogP contribution in [-0.2, 0) is 57.6 Å². The molecule has 6 nitrogen and oxygen atoms in total. The number of rotatable bonds is 8. The number of hydrogen-bond acceptors (Lipinski definition) is 2. The van der Waals surface area contributed by atoms with Gasteiger partial charge < -0.3 is 10.2 Å². The predicted octanol–water partition coefficient (Wildman–Crippen LogP) is 11.6. The molecule has 70 heavy (non-hydrogen) atoms. The summed E-state index contributed by atoms with van der Waals surface area (Å²) in [4.78, 5) is 0. The SMILES string of the molecule is O[C]1[C](c2ccccc2)[C](c2ccccc2)[C](c2ccccc2)[C]1c1ccccc1.[C-]#[O+].[C-]#[O+].[C-]#[O+].[C-]#[O+].[O-][C]1[C](c2ccccc2)[C](c2ccccc2)[C](c2ccccc2)[C]1c1ccccc1.[Ru+].[Ru]. The van der Waals surface area contributed by atoms with E-state index in [1.807, 2.05) is 170 Å². The summed E-state index contributed by atoms with van der Waals surface area (Å²) in [5, 5.41) is 25.6. The van der Waals surface area contributed by atoms with Gasteiger partial charge in [0.05, 0.1) is 11.8 Å². The van der Waals surface area contributed by atoms with Gasteiger partial charge in [0.15, 0.2) is 0 Å². The standard InChI is InChI=1S/C29H21O.C29H20O.4CO.2Ru/c2*30-29-27(23-17-9-3-10-18-23)25(21-13-5-1-6-14-21)26(22-15-7-2-8-16-22)28(29)24-19-11-4-12-20-24;4*1-2;;/h1-20,30H;1-20H;;;;;;/q;-1;;;;;;+1. The Morgan fingerprint density at radius 2 is 0.371 bits per heavy atom. The third kappa shape index (κ3) is 13.6. The van der Waals surface area contributed by atoms with Gasteiger partial charge in [-0.25, -0.2) is 0 Å². The summed E-state index contributed by atoms with van der Waals surface area (Å²) in [5.41, 5.74) is 8.19. The molecule has 2 aliphatic rings. The third-order valence-corrected chi connectivity index (χ3v) is 10.9. The van der Waals surface area contributed by atoms with E-state index >= 15 is 0 Å². The van der Waals surface area contributed by atoms with E-state index < -0.39 is 0 Å². The van der Waals surface area contributed by atoms with Gasteiger partial charge in [0.25, 0.3) is 0 Å². The Bertz CT molecular complexity index is 2330. The quantitative estimate of drug-likeness (QED) is 0.0925. The number of aliphatic hydroxyl groups excluding tert-OH is 1. The van der Waals surface area contributed by atoms with Gasteiger partial charge in [-0.15, -0.1) is 0 Å². The van der Waals surface area contributed by atoms with Crippen molar-refractivity contribution in [3.05, 3.63) is 373 Å². The van der Waals surface area contributed by atoms with Crippen LogP contribution in [0.1, 0.15) is 44.5 Å². The van der Waals surface area contributed by atoms with Gasteiger partial charge in [-0.1, -0.05) is 249 Å². The molecule has 0 bridgehead atoms. The Balaban J connectivity index is 0.000000317. The topological polar surface area (TPSA) is 123 Å². The minimum Gasteiger partial charge on any atom is -0.849 e. The minimum atomic E-state index is 0. The zero-order valence-electron chi connectivity index (χ0n) is 37.3. The Morgan fingerprint density at radius 3 is 0.543 bits per heavy atom. The fourth-order valence-corrected chi connectivity index (χ4v) is 8.32. The molecule has 0 heterocycles. The van der Waals surface area contributed by atoms with Crippen LogP contribution in [0.5, 0.6) is 0 Å². The van der Waals surface area contributed by atoms with Crippen LogP contribution in [-0.4, -0.2) is 5.11 Å². The van der Waals surface area contributed by atoms with Crippen molar-refractivity contribution in [2.24, 2.45) is 0 Å². The largest absolute Gasteiger partial charge is 1.00 e. The Kier molecular flexibility index (Phi) is 25.9. The molecule has 0 atom stereocenters. The van der Waals surface area contributed by atoms with Gasteiger partial charge in [0.2, 0.25) is 0 Å². The van der Waals surface area contributed by atoms with Gasteiger partial charge in [-0.3, -0.25) is 0 Å². The van der Waals surface area contributed by atoms with E-state index in [1.54, 1.807) is 0 Å². The molecule has 8 aromatic carbocycles. The molecular formula is C62H41O6Ru2. The van der Waals surface area contributed by atoms with E-state index in [-0.39, 0.29) is 45.1 Å². The monoisotopic (exact) mass is 1090 g/mol. The summed E-state index contributed by atoms with van der Waals surface area (Å²) in [6, 6.07) is 81.4. The minimum absolute atomic E-state index is 0. The first-order valence-electron chi connectivity index (χ1n) is 21.0. The number of aliphatic hydroxyl groups is 1. The molecule has 10 rings (SSSR count). The van der Waals surface area contributed by atoms with Crippen LogP contribution in [0.3, 0.4) is 0 Å². The fourth-order valence-electron chi connectivity index (χ4n) is 8.32. The van der Waals surface area contributed by atoms with E-state index in [4.69, 9.17) is 18.6 Å². The summed E-state index contributed by atoms with van der Waals surface area (Å²) in [7, 11) is 0. The molecule has 1 N–H and O–H groups in total. The van der Waals surface area contributed by atoms with Crippen molar-refractivity contribution in [2.45, 2.75) is 0 Å². The predicted molar refractivity (Wildman–Crippen MR) is 254 cm³/mol. The average Bonchev–Trinajstić information content (AvgIpc) is 3.93. The van der Waals surface area contributed by atoms with E-state index in [0.717, 1.165) is 91.9 Å². The first-order chi connectivity index (χ1) is 33.7.